The molecule has 0 aliphatic carbocycles. The molecule has 2 heterocycles. The van der Waals surface area contributed by atoms with Gasteiger partial charge in [0.25, 0.3) is 0 Å². The van der Waals surface area contributed by atoms with Crippen LogP contribution < -0.4 is 11.5 Å². The Morgan fingerprint density at radius 3 is 2.36 bits per heavy atom. The molecule has 0 aliphatic heterocycles. The van der Waals surface area contributed by atoms with Crippen LogP contribution in [0.1, 0.15) is 44.7 Å². The van der Waals surface area contributed by atoms with Gasteiger partial charge in [-0.25, -0.2) is 0 Å². The summed E-state index contributed by atoms with van der Waals surface area (Å²) < 4.78 is 2.42. The SMILES string of the molecule is CCCN(CC)CCc1cn(CCN(CCC)CCc2c[nH]c3cc(N)ccc23)c2cccc(N)c12. The minimum absolute atomic E-state index is 0.801. The van der Waals surface area contributed by atoms with Gasteiger partial charge in [-0.05, 0) is 80.7 Å². The fourth-order valence-corrected chi connectivity index (χ4v) is 5.46. The molecule has 0 fully saturated rings. The number of H-pyrrole nitrogens is 1. The van der Waals surface area contributed by atoms with E-state index in [1.807, 2.05) is 18.2 Å². The summed E-state index contributed by atoms with van der Waals surface area (Å²) in [7, 11) is 0. The Bertz CT molecular complexity index is 1250. The molecule has 5 N–H and O–H groups in total. The first-order valence-corrected chi connectivity index (χ1v) is 13.7. The Balaban J connectivity index is 1.45. The number of nitrogen functional groups attached to an aromatic ring is 2. The van der Waals surface area contributed by atoms with Crippen LogP contribution in [-0.4, -0.2) is 58.6 Å². The normalized spacial score (nSPS) is 12.0. The summed E-state index contributed by atoms with van der Waals surface area (Å²) in [5.41, 5.74) is 19.2. The lowest BCUT2D eigenvalue weighted by atomic mass is 10.1. The maximum atomic E-state index is 6.48. The van der Waals surface area contributed by atoms with Crippen molar-refractivity contribution in [3.8, 4) is 0 Å². The molecule has 4 rings (SSSR count). The Kier molecular flexibility index (Phi) is 8.94. The zero-order chi connectivity index (χ0) is 25.5. The number of nitrogens with two attached hydrogens (primary N) is 2. The summed E-state index contributed by atoms with van der Waals surface area (Å²) in [4.78, 5) is 8.51. The Morgan fingerprint density at radius 1 is 0.833 bits per heavy atom. The number of anilines is 2. The van der Waals surface area contributed by atoms with E-state index in [1.165, 1.54) is 33.8 Å². The van der Waals surface area contributed by atoms with Crippen LogP contribution in [0.5, 0.6) is 0 Å². The van der Waals surface area contributed by atoms with E-state index in [9.17, 15) is 0 Å². The van der Waals surface area contributed by atoms with E-state index in [-0.39, 0.29) is 0 Å². The first kappa shape index (κ1) is 26.1. The molecular formula is C30H44N6. The number of aromatic amines is 1. The minimum Gasteiger partial charge on any atom is -0.399 e. The van der Waals surface area contributed by atoms with Gasteiger partial charge in [0.15, 0.2) is 0 Å². The summed E-state index contributed by atoms with van der Waals surface area (Å²) >= 11 is 0. The molecule has 2 aromatic heterocycles. The second-order valence-electron chi connectivity index (χ2n) is 9.98. The average molecular weight is 489 g/mol. The second-order valence-corrected chi connectivity index (χ2v) is 9.98. The van der Waals surface area contributed by atoms with E-state index in [4.69, 9.17) is 11.5 Å². The van der Waals surface area contributed by atoms with Crippen LogP contribution >= 0.6 is 0 Å². The number of nitrogens with one attached hydrogen (secondary N) is 1. The van der Waals surface area contributed by atoms with Gasteiger partial charge in [-0.15, -0.1) is 0 Å². The van der Waals surface area contributed by atoms with E-state index in [1.54, 1.807) is 0 Å². The Labute approximate surface area is 216 Å². The van der Waals surface area contributed by atoms with Crippen LogP contribution in [-0.2, 0) is 19.4 Å². The Hall–Kier alpha value is -2.96. The van der Waals surface area contributed by atoms with Crippen molar-refractivity contribution in [1.29, 1.82) is 0 Å². The van der Waals surface area contributed by atoms with Crippen molar-refractivity contribution in [3.05, 3.63) is 59.9 Å². The van der Waals surface area contributed by atoms with E-state index < -0.39 is 0 Å². The highest BCUT2D eigenvalue weighted by Crippen LogP contribution is 2.28. The molecule has 0 atom stereocenters. The van der Waals surface area contributed by atoms with E-state index in [0.717, 1.165) is 82.0 Å². The molecule has 0 unspecified atom stereocenters. The largest absolute Gasteiger partial charge is 0.399 e. The van der Waals surface area contributed by atoms with Gasteiger partial charge in [-0.1, -0.05) is 32.9 Å². The van der Waals surface area contributed by atoms with E-state index >= 15 is 0 Å². The van der Waals surface area contributed by atoms with Crippen LogP contribution in [0.3, 0.4) is 0 Å². The summed E-state index contributed by atoms with van der Waals surface area (Å²) in [5, 5.41) is 2.52. The molecule has 194 valence electrons. The van der Waals surface area contributed by atoms with Gasteiger partial charge in [0.1, 0.15) is 0 Å². The van der Waals surface area contributed by atoms with Crippen molar-refractivity contribution in [1.82, 2.24) is 19.4 Å². The molecule has 6 heteroatoms. The van der Waals surface area contributed by atoms with Crippen molar-refractivity contribution >= 4 is 33.2 Å². The lowest BCUT2D eigenvalue weighted by Crippen LogP contribution is -2.30. The summed E-state index contributed by atoms with van der Waals surface area (Å²) in [5.74, 6) is 0. The number of fused-ring (bicyclic) bond motifs is 2. The molecule has 2 aromatic carbocycles. The molecule has 0 saturated carbocycles. The average Bonchev–Trinajstić information content (AvgIpc) is 3.44. The predicted molar refractivity (Wildman–Crippen MR) is 156 cm³/mol. The first-order chi connectivity index (χ1) is 17.5. The highest BCUT2D eigenvalue weighted by atomic mass is 15.1. The monoisotopic (exact) mass is 488 g/mol. The molecule has 0 amide bonds. The zero-order valence-electron chi connectivity index (χ0n) is 22.4. The molecule has 0 bridgehead atoms. The molecule has 36 heavy (non-hydrogen) atoms. The second kappa shape index (κ2) is 12.3. The van der Waals surface area contributed by atoms with Gasteiger partial charge in [-0.2, -0.15) is 0 Å². The minimum atomic E-state index is 0.801. The molecule has 0 aliphatic rings. The lowest BCUT2D eigenvalue weighted by molar-refractivity contribution is 0.267. The van der Waals surface area contributed by atoms with Crippen molar-refractivity contribution in [2.75, 3.05) is 50.7 Å². The summed E-state index contributed by atoms with van der Waals surface area (Å²) in [6, 6.07) is 12.5. The smallest absolute Gasteiger partial charge is 0.0504 e. The third kappa shape index (κ3) is 6.05. The van der Waals surface area contributed by atoms with Crippen molar-refractivity contribution in [3.63, 3.8) is 0 Å². The van der Waals surface area contributed by atoms with Gasteiger partial charge < -0.3 is 30.8 Å². The summed E-state index contributed by atoms with van der Waals surface area (Å²) in [6.45, 7) is 14.2. The fourth-order valence-electron chi connectivity index (χ4n) is 5.46. The van der Waals surface area contributed by atoms with Gasteiger partial charge in [-0.3, -0.25) is 0 Å². The number of hydrogen-bond donors (Lipinski definition) is 3. The number of hydrogen-bond acceptors (Lipinski definition) is 4. The summed E-state index contributed by atoms with van der Waals surface area (Å²) in [6.07, 6.45) is 8.90. The van der Waals surface area contributed by atoms with Crippen LogP contribution in [0.25, 0.3) is 21.8 Å². The zero-order valence-corrected chi connectivity index (χ0v) is 22.4. The highest BCUT2D eigenvalue weighted by Gasteiger charge is 2.14. The molecule has 0 radical (unpaired) electrons. The highest BCUT2D eigenvalue weighted by molar-refractivity contribution is 5.94. The van der Waals surface area contributed by atoms with Gasteiger partial charge in [0.05, 0.1) is 5.52 Å². The van der Waals surface area contributed by atoms with Crippen molar-refractivity contribution in [2.24, 2.45) is 0 Å². The number of aromatic nitrogens is 2. The predicted octanol–water partition coefficient (Wildman–Crippen LogP) is 5.52. The molecule has 0 saturated heterocycles. The molecule has 4 aromatic rings. The van der Waals surface area contributed by atoms with Crippen LogP contribution in [0.2, 0.25) is 0 Å². The third-order valence-electron chi connectivity index (χ3n) is 7.39. The van der Waals surface area contributed by atoms with Crippen molar-refractivity contribution < 1.29 is 0 Å². The van der Waals surface area contributed by atoms with Gasteiger partial charge in [0, 0.05) is 66.2 Å². The van der Waals surface area contributed by atoms with Crippen LogP contribution in [0, 0.1) is 0 Å². The van der Waals surface area contributed by atoms with Crippen molar-refractivity contribution in [2.45, 2.75) is 53.0 Å². The molecule has 0 spiro atoms. The molecule has 6 nitrogen and oxygen atoms in total. The van der Waals surface area contributed by atoms with Gasteiger partial charge in [0.2, 0.25) is 0 Å². The maximum Gasteiger partial charge on any atom is 0.0504 e. The number of nitrogens with zero attached hydrogens (tertiary/aromatic N) is 3. The third-order valence-corrected chi connectivity index (χ3v) is 7.39. The topological polar surface area (TPSA) is 79.2 Å². The Morgan fingerprint density at radius 2 is 1.58 bits per heavy atom. The standard InChI is InChI=1S/C30H44N6/c1-4-14-34(6-3)16-13-24-22-36(29-9-7-8-27(32)30(24)29)19-18-35(15-5-2)17-12-23-21-33-28-20-25(31)10-11-26(23)28/h7-11,20-22,33H,4-6,12-19,31-32H2,1-3H3. The lowest BCUT2D eigenvalue weighted by Gasteiger charge is -2.22. The quantitative estimate of drug-likeness (QED) is 0.204. The number of rotatable bonds is 14. The van der Waals surface area contributed by atoms with Crippen LogP contribution in [0.15, 0.2) is 48.8 Å². The van der Waals surface area contributed by atoms with E-state index in [2.05, 4.69) is 70.7 Å². The van der Waals surface area contributed by atoms with Gasteiger partial charge >= 0.3 is 0 Å². The maximum absolute atomic E-state index is 6.48. The fraction of sp³-hybridized carbons (Fsp3) is 0.467. The first-order valence-electron chi connectivity index (χ1n) is 13.7. The van der Waals surface area contributed by atoms with Crippen LogP contribution in [0.4, 0.5) is 11.4 Å². The molecular weight excluding hydrogens is 444 g/mol. The van der Waals surface area contributed by atoms with E-state index in [0.29, 0.717) is 0 Å². The number of benzene rings is 2. The number of likely N-dealkylation sites (N-methyl/N-ethyl adjacent to an activating group) is 1.